The summed E-state index contributed by atoms with van der Waals surface area (Å²) < 4.78 is 10.6. The molecule has 0 aliphatic carbocycles. The number of carbonyl (C=O) groups excluding carboxylic acids is 1. The summed E-state index contributed by atoms with van der Waals surface area (Å²) in [6.45, 7) is 6.75. The number of nitrogens with zero attached hydrogens (tertiary/aromatic N) is 5. The van der Waals surface area contributed by atoms with Gasteiger partial charge in [0, 0.05) is 69.2 Å². The van der Waals surface area contributed by atoms with Gasteiger partial charge in [0.15, 0.2) is 0 Å². The maximum Gasteiger partial charge on any atom is 0.321 e. The Morgan fingerprint density at radius 3 is 1.94 bits per heavy atom. The highest BCUT2D eigenvalue weighted by Gasteiger charge is 2.24. The number of piperidine rings is 1. The lowest BCUT2D eigenvalue weighted by atomic mass is 10.1. The number of hydrogen-bond acceptors (Lipinski definition) is 7. The fourth-order valence-corrected chi connectivity index (χ4v) is 4.20. The summed E-state index contributed by atoms with van der Waals surface area (Å²) in [5.74, 6) is 4.01. The van der Waals surface area contributed by atoms with E-state index >= 15 is 0 Å². The molecule has 0 bridgehead atoms. The molecule has 0 saturated carbocycles. The molecule has 3 heterocycles. The second-order valence-corrected chi connectivity index (χ2v) is 8.18. The SMILES string of the molecule is COc1cc(NC(=O)N2CCN(c3cc(N4CCCCC4)nc(C)n3)CC2)cc(OC)c1. The van der Waals surface area contributed by atoms with Gasteiger partial charge in [0.05, 0.1) is 14.2 Å². The zero-order valence-electron chi connectivity index (χ0n) is 19.1. The van der Waals surface area contributed by atoms with Gasteiger partial charge in [-0.2, -0.15) is 0 Å². The smallest absolute Gasteiger partial charge is 0.321 e. The molecule has 2 aliphatic heterocycles. The standard InChI is InChI=1S/C23H32N6O3/c1-17-24-21(27-7-5-4-6-8-27)16-22(25-17)28-9-11-29(12-10-28)23(30)26-18-13-19(31-2)15-20(14-18)32-3/h13-16H,4-12H2,1-3H3,(H,26,30). The largest absolute Gasteiger partial charge is 0.497 e. The second kappa shape index (κ2) is 9.93. The molecule has 172 valence electrons. The first-order valence-corrected chi connectivity index (χ1v) is 11.2. The number of hydrogen-bond donors (Lipinski definition) is 1. The molecule has 0 atom stereocenters. The van der Waals surface area contributed by atoms with E-state index in [4.69, 9.17) is 9.47 Å². The van der Waals surface area contributed by atoms with E-state index in [2.05, 4.69) is 31.2 Å². The minimum absolute atomic E-state index is 0.132. The topological polar surface area (TPSA) is 83.1 Å². The van der Waals surface area contributed by atoms with Crippen LogP contribution in [0.3, 0.4) is 0 Å². The molecule has 2 saturated heterocycles. The number of aryl methyl sites for hydroxylation is 1. The van der Waals surface area contributed by atoms with Crippen LogP contribution in [0.4, 0.5) is 22.1 Å². The summed E-state index contributed by atoms with van der Waals surface area (Å²) in [7, 11) is 3.18. The predicted molar refractivity (Wildman–Crippen MR) is 125 cm³/mol. The molecule has 9 nitrogen and oxygen atoms in total. The third-order valence-corrected chi connectivity index (χ3v) is 5.98. The van der Waals surface area contributed by atoms with Crippen molar-refractivity contribution < 1.29 is 14.3 Å². The number of ether oxygens (including phenoxy) is 2. The number of anilines is 3. The highest BCUT2D eigenvalue weighted by atomic mass is 16.5. The van der Waals surface area contributed by atoms with Crippen LogP contribution in [-0.4, -0.2) is 74.4 Å². The minimum Gasteiger partial charge on any atom is -0.497 e. The van der Waals surface area contributed by atoms with Gasteiger partial charge in [-0.25, -0.2) is 14.8 Å². The predicted octanol–water partition coefficient (Wildman–Crippen LogP) is 3.15. The van der Waals surface area contributed by atoms with Gasteiger partial charge in [0.25, 0.3) is 0 Å². The minimum atomic E-state index is -0.132. The molecular formula is C23H32N6O3. The van der Waals surface area contributed by atoms with Crippen LogP contribution in [0.2, 0.25) is 0 Å². The molecule has 1 aromatic carbocycles. The number of carbonyl (C=O) groups is 1. The number of benzene rings is 1. The first-order chi connectivity index (χ1) is 15.6. The molecule has 4 rings (SSSR count). The van der Waals surface area contributed by atoms with Crippen LogP contribution in [-0.2, 0) is 0 Å². The van der Waals surface area contributed by atoms with Gasteiger partial charge < -0.3 is 29.5 Å². The number of aromatic nitrogens is 2. The zero-order valence-corrected chi connectivity index (χ0v) is 19.1. The number of methoxy groups -OCH3 is 2. The molecule has 2 aliphatic rings. The molecule has 0 radical (unpaired) electrons. The summed E-state index contributed by atoms with van der Waals surface area (Å²) in [5.41, 5.74) is 0.645. The molecular weight excluding hydrogens is 408 g/mol. The van der Waals surface area contributed by atoms with Crippen molar-refractivity contribution in [3.05, 3.63) is 30.1 Å². The zero-order chi connectivity index (χ0) is 22.5. The van der Waals surface area contributed by atoms with Crippen molar-refractivity contribution in [2.45, 2.75) is 26.2 Å². The Hall–Kier alpha value is -3.23. The summed E-state index contributed by atoms with van der Waals surface area (Å²) in [6.07, 6.45) is 3.72. The van der Waals surface area contributed by atoms with Crippen LogP contribution >= 0.6 is 0 Å². The van der Waals surface area contributed by atoms with Crippen LogP contribution in [0.1, 0.15) is 25.1 Å². The van der Waals surface area contributed by atoms with Crippen molar-refractivity contribution in [1.82, 2.24) is 14.9 Å². The Morgan fingerprint density at radius 1 is 0.812 bits per heavy atom. The summed E-state index contributed by atoms with van der Waals surface area (Å²) >= 11 is 0. The quantitative estimate of drug-likeness (QED) is 0.765. The number of nitrogens with one attached hydrogen (secondary N) is 1. The molecule has 2 fully saturated rings. The summed E-state index contributed by atoms with van der Waals surface area (Å²) in [6, 6.07) is 7.30. The van der Waals surface area contributed by atoms with Gasteiger partial charge in [-0.3, -0.25) is 0 Å². The van der Waals surface area contributed by atoms with E-state index in [1.807, 2.05) is 11.8 Å². The average molecular weight is 441 g/mol. The summed E-state index contributed by atoms with van der Waals surface area (Å²) in [4.78, 5) is 28.6. The van der Waals surface area contributed by atoms with Gasteiger partial charge in [-0.15, -0.1) is 0 Å². The molecule has 1 aromatic heterocycles. The second-order valence-electron chi connectivity index (χ2n) is 8.18. The first kappa shape index (κ1) is 22.0. The Morgan fingerprint density at radius 2 is 1.38 bits per heavy atom. The van der Waals surface area contributed by atoms with Gasteiger partial charge in [-0.05, 0) is 26.2 Å². The van der Waals surface area contributed by atoms with E-state index in [0.717, 1.165) is 43.6 Å². The number of rotatable bonds is 5. The number of piperazine rings is 1. The van der Waals surface area contributed by atoms with Crippen LogP contribution in [0.15, 0.2) is 24.3 Å². The number of amides is 2. The molecule has 32 heavy (non-hydrogen) atoms. The molecule has 2 amide bonds. The van der Waals surface area contributed by atoms with Gasteiger partial charge in [0.2, 0.25) is 0 Å². The lowest BCUT2D eigenvalue weighted by molar-refractivity contribution is 0.208. The van der Waals surface area contributed by atoms with Crippen LogP contribution in [0.25, 0.3) is 0 Å². The molecule has 9 heteroatoms. The average Bonchev–Trinajstić information content (AvgIpc) is 2.84. The molecule has 0 unspecified atom stereocenters. The van der Waals surface area contributed by atoms with Crippen molar-refractivity contribution in [2.24, 2.45) is 0 Å². The van der Waals surface area contributed by atoms with Crippen molar-refractivity contribution in [2.75, 3.05) is 68.6 Å². The fraction of sp³-hybridized carbons (Fsp3) is 0.522. The van der Waals surface area contributed by atoms with Crippen molar-refractivity contribution in [3.63, 3.8) is 0 Å². The Balaban J connectivity index is 1.38. The van der Waals surface area contributed by atoms with Crippen LogP contribution < -0.4 is 24.6 Å². The van der Waals surface area contributed by atoms with E-state index in [0.29, 0.717) is 30.3 Å². The third kappa shape index (κ3) is 5.15. The van der Waals surface area contributed by atoms with Gasteiger partial charge >= 0.3 is 6.03 Å². The highest BCUT2D eigenvalue weighted by molar-refractivity contribution is 5.90. The van der Waals surface area contributed by atoms with Crippen molar-refractivity contribution >= 4 is 23.4 Å². The summed E-state index contributed by atoms with van der Waals surface area (Å²) in [5, 5.41) is 2.95. The van der Waals surface area contributed by atoms with Crippen LogP contribution in [0, 0.1) is 6.92 Å². The van der Waals surface area contributed by atoms with E-state index in [1.165, 1.54) is 19.3 Å². The Kier molecular flexibility index (Phi) is 6.82. The van der Waals surface area contributed by atoms with Gasteiger partial charge in [0.1, 0.15) is 29.0 Å². The monoisotopic (exact) mass is 440 g/mol. The lowest BCUT2D eigenvalue weighted by Gasteiger charge is -2.36. The van der Waals surface area contributed by atoms with Crippen LogP contribution in [0.5, 0.6) is 11.5 Å². The van der Waals surface area contributed by atoms with E-state index in [9.17, 15) is 4.79 Å². The highest BCUT2D eigenvalue weighted by Crippen LogP contribution is 2.27. The molecule has 1 N–H and O–H groups in total. The molecule has 2 aromatic rings. The van der Waals surface area contributed by atoms with E-state index < -0.39 is 0 Å². The first-order valence-electron chi connectivity index (χ1n) is 11.2. The van der Waals surface area contributed by atoms with E-state index in [1.54, 1.807) is 32.4 Å². The maximum absolute atomic E-state index is 12.8. The van der Waals surface area contributed by atoms with Crippen molar-refractivity contribution in [3.8, 4) is 11.5 Å². The fourth-order valence-electron chi connectivity index (χ4n) is 4.20. The normalized spacial score (nSPS) is 16.7. The Labute approximate surface area is 189 Å². The maximum atomic E-state index is 12.8. The van der Waals surface area contributed by atoms with Gasteiger partial charge in [-0.1, -0.05) is 0 Å². The van der Waals surface area contributed by atoms with E-state index in [-0.39, 0.29) is 6.03 Å². The molecule has 0 spiro atoms. The van der Waals surface area contributed by atoms with Crippen molar-refractivity contribution in [1.29, 1.82) is 0 Å². The Bertz CT molecular complexity index is 917. The third-order valence-electron chi connectivity index (χ3n) is 5.98. The number of urea groups is 1. The lowest BCUT2D eigenvalue weighted by Crippen LogP contribution is -2.50.